The number of aromatic nitrogens is 3. The summed E-state index contributed by atoms with van der Waals surface area (Å²) in [4.78, 5) is 31.3. The summed E-state index contributed by atoms with van der Waals surface area (Å²) in [7, 11) is 0. The van der Waals surface area contributed by atoms with E-state index in [2.05, 4.69) is 15.3 Å². The van der Waals surface area contributed by atoms with E-state index in [0.29, 0.717) is 10.3 Å². The van der Waals surface area contributed by atoms with Crippen LogP contribution in [0.3, 0.4) is 0 Å². The molecule has 0 unspecified atom stereocenters. The lowest BCUT2D eigenvalue weighted by Crippen LogP contribution is -2.14. The molecular weight excluding hydrogens is 398 g/mol. The lowest BCUT2D eigenvalue weighted by Gasteiger charge is -2.07. The van der Waals surface area contributed by atoms with Crippen LogP contribution in [-0.4, -0.2) is 31.1 Å². The monoisotopic (exact) mass is 411 g/mol. The van der Waals surface area contributed by atoms with Gasteiger partial charge in [-0.25, -0.2) is 9.97 Å². The van der Waals surface area contributed by atoms with Gasteiger partial charge in [0.05, 0.1) is 20.9 Å². The second-order valence-electron chi connectivity index (χ2n) is 5.68. The fraction of sp³-hybridized carbons (Fsp3) is 0.0556. The Hall–Kier alpha value is -3.24. The summed E-state index contributed by atoms with van der Waals surface area (Å²) in [6.45, 7) is 0. The molecule has 0 fully saturated rings. The molecule has 0 aliphatic rings. The van der Waals surface area contributed by atoms with Gasteiger partial charge in [0.15, 0.2) is 10.3 Å². The predicted molar refractivity (Wildman–Crippen MR) is 109 cm³/mol. The van der Waals surface area contributed by atoms with Gasteiger partial charge in [-0.2, -0.15) is 0 Å². The van der Waals surface area contributed by atoms with Crippen molar-refractivity contribution in [1.29, 1.82) is 0 Å². The largest absolute Gasteiger partial charge is 0.301 e. The molecule has 28 heavy (non-hydrogen) atoms. The number of nitrogens with one attached hydrogen (secondary N) is 1. The van der Waals surface area contributed by atoms with Gasteiger partial charge in [0.25, 0.3) is 5.69 Å². The van der Waals surface area contributed by atoms with Crippen LogP contribution in [0.1, 0.15) is 0 Å². The number of para-hydroxylation sites is 1. The number of nitro benzene ring substituents is 1. The van der Waals surface area contributed by atoms with Crippen LogP contribution in [0.2, 0.25) is 0 Å². The van der Waals surface area contributed by atoms with Gasteiger partial charge in [-0.15, -0.1) is 0 Å². The maximum Gasteiger partial charge on any atom is 0.269 e. The third-order valence-electron chi connectivity index (χ3n) is 3.82. The van der Waals surface area contributed by atoms with Crippen molar-refractivity contribution < 1.29 is 9.72 Å². The first-order valence-electron chi connectivity index (χ1n) is 8.16. The highest BCUT2D eigenvalue weighted by atomic mass is 32.2. The number of non-ortho nitro benzene ring substituents is 1. The number of imidazole rings is 1. The van der Waals surface area contributed by atoms with E-state index in [1.165, 1.54) is 35.2 Å². The average molecular weight is 411 g/mol. The van der Waals surface area contributed by atoms with E-state index in [4.69, 9.17) is 0 Å². The van der Waals surface area contributed by atoms with Crippen LogP contribution in [0.5, 0.6) is 0 Å². The molecule has 2 aromatic heterocycles. The summed E-state index contributed by atoms with van der Waals surface area (Å²) in [5.74, 6) is -0.0118. The number of anilines is 1. The molecule has 0 atom stereocenters. The highest BCUT2D eigenvalue weighted by molar-refractivity contribution is 7.99. The summed E-state index contributed by atoms with van der Waals surface area (Å²) >= 11 is 2.70. The molecule has 1 N–H and O–H groups in total. The molecule has 2 aromatic carbocycles. The molecule has 0 aliphatic heterocycles. The molecule has 0 aliphatic carbocycles. The molecule has 10 heteroatoms. The fourth-order valence-electron chi connectivity index (χ4n) is 2.54. The second-order valence-corrected chi connectivity index (χ2v) is 7.65. The van der Waals surface area contributed by atoms with Crippen molar-refractivity contribution in [2.75, 3.05) is 11.1 Å². The summed E-state index contributed by atoms with van der Waals surface area (Å²) in [5, 5.41) is 14.8. The second kappa shape index (κ2) is 7.79. The zero-order valence-electron chi connectivity index (χ0n) is 14.3. The topological polar surface area (TPSA) is 103 Å². The number of hydrogen-bond donors (Lipinski definition) is 1. The minimum atomic E-state index is -0.445. The average Bonchev–Trinajstić information content (AvgIpc) is 3.32. The van der Waals surface area contributed by atoms with E-state index in [-0.39, 0.29) is 17.3 Å². The normalized spacial score (nSPS) is 10.9. The third-order valence-corrected chi connectivity index (χ3v) is 5.74. The molecule has 8 nitrogen and oxygen atoms in total. The number of amides is 1. The van der Waals surface area contributed by atoms with E-state index < -0.39 is 4.92 Å². The number of benzene rings is 2. The predicted octanol–water partition coefficient (Wildman–Crippen LogP) is 4.12. The third kappa shape index (κ3) is 3.87. The summed E-state index contributed by atoms with van der Waals surface area (Å²) < 4.78 is 2.79. The molecule has 0 spiro atoms. The summed E-state index contributed by atoms with van der Waals surface area (Å²) in [6, 6.07) is 13.8. The van der Waals surface area contributed by atoms with Crippen LogP contribution in [0.15, 0.2) is 66.1 Å². The maximum atomic E-state index is 12.3. The minimum absolute atomic E-state index is 0.0216. The number of carbonyl (C=O) groups excluding carboxylic acids is 1. The van der Waals surface area contributed by atoms with Gasteiger partial charge in [-0.1, -0.05) is 35.2 Å². The van der Waals surface area contributed by atoms with Gasteiger partial charge >= 0.3 is 0 Å². The summed E-state index contributed by atoms with van der Waals surface area (Å²) in [5.41, 5.74) is 1.61. The quantitative estimate of drug-likeness (QED) is 0.291. The van der Waals surface area contributed by atoms with Gasteiger partial charge in [0, 0.05) is 30.2 Å². The van der Waals surface area contributed by atoms with Gasteiger partial charge in [0.1, 0.15) is 0 Å². The molecule has 0 saturated carbocycles. The Morgan fingerprint density at radius 3 is 2.75 bits per heavy atom. The zero-order chi connectivity index (χ0) is 19.5. The lowest BCUT2D eigenvalue weighted by atomic mass is 10.3. The highest BCUT2D eigenvalue weighted by Crippen LogP contribution is 2.26. The van der Waals surface area contributed by atoms with Crippen molar-refractivity contribution in [3.05, 3.63) is 71.0 Å². The molecule has 0 radical (unpaired) electrons. The number of nitrogens with zero attached hydrogens (tertiary/aromatic N) is 4. The molecule has 0 bridgehead atoms. The van der Waals surface area contributed by atoms with Crippen molar-refractivity contribution in [2.45, 2.75) is 5.16 Å². The SMILES string of the molecule is O=C(CSc1nccn1-c1ccc([N+](=O)[O-])cc1)Nc1nc2ccccc2s1. The Morgan fingerprint density at radius 1 is 1.21 bits per heavy atom. The Labute approximate surface area is 167 Å². The first kappa shape index (κ1) is 18.1. The van der Waals surface area contributed by atoms with Gasteiger partial charge in [-0.05, 0) is 24.3 Å². The first-order valence-corrected chi connectivity index (χ1v) is 9.97. The van der Waals surface area contributed by atoms with Crippen LogP contribution in [0.25, 0.3) is 15.9 Å². The first-order chi connectivity index (χ1) is 13.6. The standard InChI is InChI=1S/C18H13N5O3S2/c24-16(21-17-20-14-3-1-2-4-15(14)28-17)11-27-18-19-9-10-22(18)12-5-7-13(8-6-12)23(25)26/h1-10H,11H2,(H,20,21,24). The van der Waals surface area contributed by atoms with Gasteiger partial charge in [-0.3, -0.25) is 19.5 Å². The van der Waals surface area contributed by atoms with Crippen LogP contribution < -0.4 is 5.32 Å². The number of fused-ring (bicyclic) bond motifs is 1. The van der Waals surface area contributed by atoms with Crippen molar-refractivity contribution in [2.24, 2.45) is 0 Å². The lowest BCUT2D eigenvalue weighted by molar-refractivity contribution is -0.384. The Bertz CT molecular complexity index is 1120. The molecule has 0 saturated heterocycles. The molecule has 4 rings (SSSR count). The highest BCUT2D eigenvalue weighted by Gasteiger charge is 2.12. The Morgan fingerprint density at radius 2 is 2.00 bits per heavy atom. The van der Waals surface area contributed by atoms with Crippen LogP contribution in [-0.2, 0) is 4.79 Å². The molecule has 2 heterocycles. The van der Waals surface area contributed by atoms with Crippen molar-refractivity contribution in [1.82, 2.24) is 14.5 Å². The van der Waals surface area contributed by atoms with Gasteiger partial charge in [0.2, 0.25) is 5.91 Å². The van der Waals surface area contributed by atoms with Crippen LogP contribution in [0, 0.1) is 10.1 Å². The molecule has 1 amide bonds. The summed E-state index contributed by atoms with van der Waals surface area (Å²) in [6.07, 6.45) is 3.37. The van der Waals surface area contributed by atoms with E-state index in [0.717, 1.165) is 15.9 Å². The molecule has 4 aromatic rings. The van der Waals surface area contributed by atoms with Gasteiger partial charge < -0.3 is 5.32 Å². The van der Waals surface area contributed by atoms with E-state index in [1.54, 1.807) is 29.1 Å². The van der Waals surface area contributed by atoms with Crippen LogP contribution >= 0.6 is 23.1 Å². The number of rotatable bonds is 6. The Balaban J connectivity index is 1.42. The zero-order valence-corrected chi connectivity index (χ0v) is 15.9. The number of nitro groups is 1. The molecular formula is C18H13N5O3S2. The minimum Gasteiger partial charge on any atom is -0.301 e. The number of thiazole rings is 1. The Kier molecular flexibility index (Phi) is 5.04. The molecule has 140 valence electrons. The van der Waals surface area contributed by atoms with Crippen molar-refractivity contribution in [3.8, 4) is 5.69 Å². The van der Waals surface area contributed by atoms with Crippen LogP contribution in [0.4, 0.5) is 10.8 Å². The number of carbonyl (C=O) groups is 1. The smallest absolute Gasteiger partial charge is 0.269 e. The fourth-order valence-corrected chi connectivity index (χ4v) is 4.19. The number of thioether (sulfide) groups is 1. The maximum absolute atomic E-state index is 12.3. The van der Waals surface area contributed by atoms with E-state index in [1.807, 2.05) is 24.3 Å². The van der Waals surface area contributed by atoms with Crippen molar-refractivity contribution in [3.63, 3.8) is 0 Å². The van der Waals surface area contributed by atoms with E-state index >= 15 is 0 Å². The number of hydrogen-bond acceptors (Lipinski definition) is 7. The van der Waals surface area contributed by atoms with Crippen molar-refractivity contribution >= 4 is 50.0 Å². The van der Waals surface area contributed by atoms with E-state index in [9.17, 15) is 14.9 Å².